The first-order chi connectivity index (χ1) is 8.68. The third-order valence-electron chi connectivity index (χ3n) is 2.88. The van der Waals surface area contributed by atoms with Crippen LogP contribution in [0.2, 0.25) is 0 Å². The van der Waals surface area contributed by atoms with Crippen molar-refractivity contribution in [2.75, 3.05) is 49.4 Å². The van der Waals surface area contributed by atoms with E-state index < -0.39 is 23.1 Å². The first-order valence-corrected chi connectivity index (χ1v) is 8.67. The van der Waals surface area contributed by atoms with Gasteiger partial charge in [0.05, 0.1) is 0 Å². The fraction of sp³-hybridized carbons (Fsp3) is 1.00. The van der Waals surface area contributed by atoms with Gasteiger partial charge in [-0.25, -0.2) is 0 Å². The van der Waals surface area contributed by atoms with Crippen molar-refractivity contribution in [2.24, 2.45) is 0 Å². The molecule has 0 aromatic carbocycles. The topological polar surface area (TPSA) is 62.3 Å². The van der Waals surface area contributed by atoms with E-state index in [4.69, 9.17) is 4.52 Å². The number of nitrogens with zero attached hydrogens (tertiary/aromatic N) is 3. The van der Waals surface area contributed by atoms with Gasteiger partial charge in [-0.05, 0) is 0 Å². The van der Waals surface area contributed by atoms with Crippen molar-refractivity contribution in [1.29, 1.82) is 0 Å². The number of rotatable bonds is 6. The molecule has 20 heavy (non-hydrogen) atoms. The molecule has 0 spiro atoms. The Balaban J connectivity index is 6.34. The molecule has 0 aromatic rings. The summed E-state index contributed by atoms with van der Waals surface area (Å²) in [6.07, 6.45) is 0. The average molecular weight is 343 g/mol. The summed E-state index contributed by atoms with van der Waals surface area (Å²) in [4.78, 5) is 0. The van der Waals surface area contributed by atoms with Crippen LogP contribution in [0, 0.1) is 0 Å². The van der Waals surface area contributed by atoms with E-state index >= 15 is 0 Å². The van der Waals surface area contributed by atoms with Gasteiger partial charge in [-0.1, -0.05) is 0 Å². The Morgan fingerprint density at radius 3 is 1.35 bits per heavy atom. The number of hydrogen-bond acceptors (Lipinski definition) is 7. The van der Waals surface area contributed by atoms with Crippen molar-refractivity contribution in [2.45, 2.75) is 5.51 Å². The standard InChI is InChI=1S/C8H21F3N3O4PS/c1-12(2)19(17-7,13(3)4,14(5)6)18-20(15,16)8(9,10)11/h1-7H3. The summed E-state index contributed by atoms with van der Waals surface area (Å²) in [7, 11) is -1.06. The summed E-state index contributed by atoms with van der Waals surface area (Å²) >= 11 is 0. The van der Waals surface area contributed by atoms with Crippen LogP contribution in [0.3, 0.4) is 0 Å². The molecule has 0 aliphatic carbocycles. The Labute approximate surface area is 117 Å². The normalized spacial score (nSPS) is 16.8. The quantitative estimate of drug-likeness (QED) is 0.532. The molecular formula is C8H21F3N3O4PS. The van der Waals surface area contributed by atoms with E-state index in [2.05, 4.69) is 3.97 Å². The molecule has 0 N–H and O–H groups in total. The molecule has 0 saturated heterocycles. The summed E-state index contributed by atoms with van der Waals surface area (Å²) in [5, 5.41) is 0. The second-order valence-electron chi connectivity index (χ2n) is 4.53. The van der Waals surface area contributed by atoms with Gasteiger partial charge in [0.15, 0.2) is 0 Å². The molecule has 12 heteroatoms. The van der Waals surface area contributed by atoms with Crippen LogP contribution in [0.25, 0.3) is 0 Å². The Hall–Kier alpha value is -0.0300. The molecule has 0 amide bonds. The fourth-order valence-corrected chi connectivity index (χ4v) is 8.69. The Morgan fingerprint density at radius 1 is 0.900 bits per heavy atom. The fourth-order valence-electron chi connectivity index (χ4n) is 2.01. The molecule has 0 saturated carbocycles. The van der Waals surface area contributed by atoms with E-state index in [0.29, 0.717) is 0 Å². The molecule has 0 aromatic heterocycles. The summed E-state index contributed by atoms with van der Waals surface area (Å²) < 4.78 is 74.4. The Kier molecular flexibility index (Phi) is 5.63. The number of hydrogen-bond donors (Lipinski definition) is 0. The summed E-state index contributed by atoms with van der Waals surface area (Å²) in [6, 6.07) is 0. The molecule has 0 fully saturated rings. The van der Waals surface area contributed by atoms with E-state index in [9.17, 15) is 21.6 Å². The molecule has 0 rings (SSSR count). The van der Waals surface area contributed by atoms with Gasteiger partial charge >= 0.3 is 117 Å². The van der Waals surface area contributed by atoms with Crippen LogP contribution >= 0.6 is 7.51 Å². The van der Waals surface area contributed by atoms with Crippen LogP contribution in [-0.2, 0) is 18.6 Å². The molecule has 0 bridgehead atoms. The molecule has 0 unspecified atom stereocenters. The molecule has 0 atom stereocenters. The van der Waals surface area contributed by atoms with Gasteiger partial charge in [0.1, 0.15) is 0 Å². The molecule has 0 aliphatic heterocycles. The third-order valence-corrected chi connectivity index (χ3v) is 10.0. The van der Waals surface area contributed by atoms with E-state index in [1.807, 2.05) is 0 Å². The van der Waals surface area contributed by atoms with Crippen molar-refractivity contribution in [3.8, 4) is 0 Å². The van der Waals surface area contributed by atoms with Crippen LogP contribution in [0.1, 0.15) is 0 Å². The maximum absolute atomic E-state index is 12.7. The SMILES string of the molecule is COP(OS(=O)(=O)C(F)(F)F)(N(C)C)(N(C)C)N(C)C. The van der Waals surface area contributed by atoms with E-state index in [1.165, 1.54) is 56.3 Å². The molecule has 7 nitrogen and oxygen atoms in total. The van der Waals surface area contributed by atoms with Gasteiger partial charge in [-0.3, -0.25) is 0 Å². The van der Waals surface area contributed by atoms with Crippen LogP contribution in [0.5, 0.6) is 0 Å². The molecular weight excluding hydrogens is 322 g/mol. The van der Waals surface area contributed by atoms with Gasteiger partial charge in [-0.2, -0.15) is 0 Å². The van der Waals surface area contributed by atoms with E-state index in [0.717, 1.165) is 7.11 Å². The van der Waals surface area contributed by atoms with Crippen LogP contribution < -0.4 is 0 Å². The maximum atomic E-state index is 12.7. The first kappa shape index (κ1) is 20.0. The van der Waals surface area contributed by atoms with E-state index in [-0.39, 0.29) is 0 Å². The van der Waals surface area contributed by atoms with Gasteiger partial charge in [-0.15, -0.1) is 0 Å². The van der Waals surface area contributed by atoms with Crippen molar-refractivity contribution in [3.63, 3.8) is 0 Å². The van der Waals surface area contributed by atoms with E-state index in [1.54, 1.807) is 0 Å². The minimum atomic E-state index is -5.85. The average Bonchev–Trinajstić information content (AvgIpc) is 2.23. The first-order valence-electron chi connectivity index (χ1n) is 5.33. The van der Waals surface area contributed by atoms with Crippen molar-refractivity contribution in [1.82, 2.24) is 14.0 Å². The van der Waals surface area contributed by atoms with Crippen molar-refractivity contribution < 1.29 is 30.1 Å². The number of alkyl halides is 3. The Morgan fingerprint density at radius 2 is 1.20 bits per heavy atom. The zero-order chi connectivity index (χ0) is 16.6. The molecule has 0 radical (unpaired) electrons. The van der Waals surface area contributed by atoms with Gasteiger partial charge in [0.25, 0.3) is 0 Å². The number of halogens is 3. The zero-order valence-corrected chi connectivity index (χ0v) is 14.2. The molecule has 124 valence electrons. The summed E-state index contributed by atoms with van der Waals surface area (Å²) in [5.74, 6) is 0. The predicted molar refractivity (Wildman–Crippen MR) is 71.0 cm³/mol. The summed E-state index contributed by atoms with van der Waals surface area (Å²) in [5.41, 5.74) is -5.54. The van der Waals surface area contributed by atoms with Gasteiger partial charge < -0.3 is 0 Å². The third kappa shape index (κ3) is 2.68. The van der Waals surface area contributed by atoms with Crippen LogP contribution in [-0.4, -0.2) is 77.3 Å². The summed E-state index contributed by atoms with van der Waals surface area (Å²) in [6.45, 7) is 0. The zero-order valence-electron chi connectivity index (χ0n) is 12.5. The predicted octanol–water partition coefficient (Wildman–Crippen LogP) is 1.31. The second kappa shape index (κ2) is 5.64. The van der Waals surface area contributed by atoms with Gasteiger partial charge in [0.2, 0.25) is 0 Å². The molecule has 0 aliphatic rings. The van der Waals surface area contributed by atoms with Crippen molar-refractivity contribution >= 4 is 17.6 Å². The van der Waals surface area contributed by atoms with Crippen LogP contribution in [0.4, 0.5) is 13.2 Å². The van der Waals surface area contributed by atoms with Crippen LogP contribution in [0.15, 0.2) is 0 Å². The van der Waals surface area contributed by atoms with Crippen molar-refractivity contribution in [3.05, 3.63) is 0 Å². The van der Waals surface area contributed by atoms with Gasteiger partial charge in [0, 0.05) is 0 Å². The molecule has 0 heterocycles. The second-order valence-corrected chi connectivity index (χ2v) is 10.9. The monoisotopic (exact) mass is 343 g/mol. The Bertz CT molecular complexity index is 428. The minimum absolute atomic E-state index is 1.10.